The maximum Gasteiger partial charge on any atom is 0.168 e. The van der Waals surface area contributed by atoms with Gasteiger partial charge in [0.25, 0.3) is 0 Å². The Labute approximate surface area is 95.1 Å². The number of aliphatic hydroxyl groups is 1. The zero-order valence-corrected chi connectivity index (χ0v) is 9.26. The fourth-order valence-corrected chi connectivity index (χ4v) is 2.07. The second kappa shape index (κ2) is 5.12. The van der Waals surface area contributed by atoms with Crippen LogP contribution in [0.4, 0.5) is 11.6 Å². The Kier molecular flexibility index (Phi) is 3.56. The summed E-state index contributed by atoms with van der Waals surface area (Å²) >= 11 is 0. The molecular formula is C11H18N4O. The Balaban J connectivity index is 1.81. The number of aliphatic hydroxyl groups excluding tert-OH is 1. The molecule has 4 N–H and O–H groups in total. The molecule has 0 amide bonds. The summed E-state index contributed by atoms with van der Waals surface area (Å²) in [7, 11) is 0. The van der Waals surface area contributed by atoms with Gasteiger partial charge in [-0.05, 0) is 31.6 Å². The molecule has 16 heavy (non-hydrogen) atoms. The third-order valence-corrected chi connectivity index (χ3v) is 3.10. The van der Waals surface area contributed by atoms with Gasteiger partial charge in [0.15, 0.2) is 11.6 Å². The van der Waals surface area contributed by atoms with E-state index in [0.29, 0.717) is 17.6 Å². The number of nitrogen functional groups attached to an aromatic ring is 1. The van der Waals surface area contributed by atoms with Gasteiger partial charge in [-0.15, -0.1) is 0 Å². The van der Waals surface area contributed by atoms with Gasteiger partial charge < -0.3 is 16.2 Å². The van der Waals surface area contributed by atoms with E-state index in [-0.39, 0.29) is 6.10 Å². The van der Waals surface area contributed by atoms with Crippen molar-refractivity contribution in [2.75, 3.05) is 17.6 Å². The van der Waals surface area contributed by atoms with Gasteiger partial charge in [-0.1, -0.05) is 0 Å². The van der Waals surface area contributed by atoms with Crippen molar-refractivity contribution < 1.29 is 5.11 Å². The molecule has 0 atom stereocenters. The number of nitrogens with two attached hydrogens (primary N) is 1. The van der Waals surface area contributed by atoms with E-state index in [0.717, 1.165) is 32.2 Å². The van der Waals surface area contributed by atoms with Gasteiger partial charge in [-0.25, -0.2) is 9.97 Å². The Bertz CT molecular complexity index is 337. The van der Waals surface area contributed by atoms with Crippen LogP contribution in [0.25, 0.3) is 0 Å². The van der Waals surface area contributed by atoms with E-state index in [9.17, 15) is 5.11 Å². The molecule has 1 heterocycles. The lowest BCUT2D eigenvalue weighted by molar-refractivity contribution is 0.111. The van der Waals surface area contributed by atoms with Crippen molar-refractivity contribution in [3.05, 3.63) is 12.4 Å². The largest absolute Gasteiger partial charge is 0.393 e. The van der Waals surface area contributed by atoms with E-state index in [1.807, 2.05) is 0 Å². The summed E-state index contributed by atoms with van der Waals surface area (Å²) in [5, 5.41) is 12.6. The molecule has 1 aliphatic carbocycles. The molecule has 0 unspecified atom stereocenters. The first-order valence-corrected chi connectivity index (χ1v) is 5.74. The Morgan fingerprint density at radius 2 is 1.94 bits per heavy atom. The third-order valence-electron chi connectivity index (χ3n) is 3.10. The van der Waals surface area contributed by atoms with E-state index in [2.05, 4.69) is 15.3 Å². The Morgan fingerprint density at radius 1 is 1.25 bits per heavy atom. The lowest BCUT2D eigenvalue weighted by Gasteiger charge is -2.25. The van der Waals surface area contributed by atoms with Crippen LogP contribution < -0.4 is 11.1 Å². The predicted octanol–water partition coefficient (Wildman–Crippen LogP) is 1.02. The van der Waals surface area contributed by atoms with Gasteiger partial charge in [0.2, 0.25) is 0 Å². The van der Waals surface area contributed by atoms with Crippen molar-refractivity contribution in [3.8, 4) is 0 Å². The van der Waals surface area contributed by atoms with E-state index in [1.54, 1.807) is 12.4 Å². The Hall–Kier alpha value is -1.36. The quantitative estimate of drug-likeness (QED) is 0.711. The zero-order valence-electron chi connectivity index (χ0n) is 9.26. The molecule has 1 aromatic heterocycles. The first-order chi connectivity index (χ1) is 7.75. The van der Waals surface area contributed by atoms with Crippen LogP contribution in [0.2, 0.25) is 0 Å². The number of hydrogen-bond donors (Lipinski definition) is 3. The highest BCUT2D eigenvalue weighted by molar-refractivity contribution is 5.54. The summed E-state index contributed by atoms with van der Waals surface area (Å²) in [6.07, 6.45) is 7.05. The van der Waals surface area contributed by atoms with Crippen molar-refractivity contribution >= 4 is 11.6 Å². The average Bonchev–Trinajstić information content (AvgIpc) is 2.30. The molecule has 0 aromatic carbocycles. The van der Waals surface area contributed by atoms with Crippen LogP contribution in [0.1, 0.15) is 25.7 Å². The summed E-state index contributed by atoms with van der Waals surface area (Å²) in [5.41, 5.74) is 5.68. The van der Waals surface area contributed by atoms with E-state index in [1.165, 1.54) is 0 Å². The molecule has 5 nitrogen and oxygen atoms in total. The predicted molar refractivity (Wildman–Crippen MR) is 62.9 cm³/mol. The van der Waals surface area contributed by atoms with Crippen molar-refractivity contribution in [2.45, 2.75) is 31.8 Å². The molecule has 1 aliphatic rings. The maximum absolute atomic E-state index is 9.39. The van der Waals surface area contributed by atoms with Gasteiger partial charge in [-0.3, -0.25) is 0 Å². The monoisotopic (exact) mass is 222 g/mol. The molecular weight excluding hydrogens is 204 g/mol. The molecule has 2 rings (SSSR count). The number of nitrogens with one attached hydrogen (secondary N) is 1. The van der Waals surface area contributed by atoms with Crippen LogP contribution in [0, 0.1) is 5.92 Å². The molecule has 1 fully saturated rings. The second-order valence-electron chi connectivity index (χ2n) is 4.35. The number of anilines is 2. The van der Waals surface area contributed by atoms with Crippen molar-refractivity contribution in [2.24, 2.45) is 5.92 Å². The number of rotatable bonds is 3. The summed E-state index contributed by atoms with van der Waals surface area (Å²) in [5.74, 6) is 1.71. The summed E-state index contributed by atoms with van der Waals surface area (Å²) in [6.45, 7) is 0.857. The number of aromatic nitrogens is 2. The van der Waals surface area contributed by atoms with E-state index in [4.69, 9.17) is 5.73 Å². The number of hydrogen-bond acceptors (Lipinski definition) is 5. The van der Waals surface area contributed by atoms with Crippen molar-refractivity contribution in [1.82, 2.24) is 9.97 Å². The van der Waals surface area contributed by atoms with Gasteiger partial charge in [0, 0.05) is 18.9 Å². The van der Waals surface area contributed by atoms with Crippen LogP contribution in [0.15, 0.2) is 12.4 Å². The SMILES string of the molecule is Nc1nccnc1NCC1CCC(O)CC1. The highest BCUT2D eigenvalue weighted by Gasteiger charge is 2.19. The molecule has 0 saturated heterocycles. The Morgan fingerprint density at radius 3 is 2.62 bits per heavy atom. The molecule has 1 saturated carbocycles. The number of nitrogens with zero attached hydrogens (tertiary/aromatic N) is 2. The maximum atomic E-state index is 9.39. The first-order valence-electron chi connectivity index (χ1n) is 5.74. The molecule has 0 radical (unpaired) electrons. The van der Waals surface area contributed by atoms with Crippen LogP contribution in [0.3, 0.4) is 0 Å². The molecule has 1 aromatic rings. The summed E-state index contributed by atoms with van der Waals surface area (Å²) in [6, 6.07) is 0. The van der Waals surface area contributed by atoms with Crippen molar-refractivity contribution in [1.29, 1.82) is 0 Å². The lowest BCUT2D eigenvalue weighted by Crippen LogP contribution is -2.24. The highest BCUT2D eigenvalue weighted by atomic mass is 16.3. The van der Waals surface area contributed by atoms with Gasteiger partial charge in [-0.2, -0.15) is 0 Å². The second-order valence-corrected chi connectivity index (χ2v) is 4.35. The highest BCUT2D eigenvalue weighted by Crippen LogP contribution is 2.24. The average molecular weight is 222 g/mol. The smallest absolute Gasteiger partial charge is 0.168 e. The van der Waals surface area contributed by atoms with Crippen LogP contribution in [-0.2, 0) is 0 Å². The minimum absolute atomic E-state index is 0.0992. The third kappa shape index (κ3) is 2.82. The topological polar surface area (TPSA) is 84.1 Å². The molecule has 0 bridgehead atoms. The first kappa shape index (κ1) is 11.1. The zero-order chi connectivity index (χ0) is 11.4. The van der Waals surface area contributed by atoms with Gasteiger partial charge >= 0.3 is 0 Å². The van der Waals surface area contributed by atoms with Gasteiger partial charge in [0.1, 0.15) is 0 Å². The van der Waals surface area contributed by atoms with Crippen LogP contribution >= 0.6 is 0 Å². The summed E-state index contributed by atoms with van der Waals surface area (Å²) in [4.78, 5) is 8.10. The fourth-order valence-electron chi connectivity index (χ4n) is 2.07. The molecule has 0 spiro atoms. The molecule has 88 valence electrons. The summed E-state index contributed by atoms with van der Waals surface area (Å²) < 4.78 is 0. The van der Waals surface area contributed by atoms with E-state index >= 15 is 0 Å². The minimum Gasteiger partial charge on any atom is -0.393 e. The van der Waals surface area contributed by atoms with Crippen molar-refractivity contribution in [3.63, 3.8) is 0 Å². The molecule has 5 heteroatoms. The molecule has 0 aliphatic heterocycles. The lowest BCUT2D eigenvalue weighted by atomic mass is 9.87. The minimum atomic E-state index is -0.0992. The fraction of sp³-hybridized carbons (Fsp3) is 0.636. The van der Waals surface area contributed by atoms with E-state index < -0.39 is 0 Å². The van der Waals surface area contributed by atoms with Gasteiger partial charge in [0.05, 0.1) is 6.10 Å². The van der Waals surface area contributed by atoms with Crippen LogP contribution in [0.5, 0.6) is 0 Å². The van der Waals surface area contributed by atoms with Crippen LogP contribution in [-0.4, -0.2) is 27.7 Å². The normalized spacial score (nSPS) is 25.3. The standard InChI is InChI=1S/C11H18N4O/c12-10-11(14-6-5-13-10)15-7-8-1-3-9(16)4-2-8/h5-6,8-9,16H,1-4,7H2,(H2,12,13)(H,14,15).